The van der Waals surface area contributed by atoms with Gasteiger partial charge in [0.05, 0.1) is 19.3 Å². The predicted octanol–water partition coefficient (Wildman–Crippen LogP) is 2.13. The number of rotatable bonds is 2. The van der Waals surface area contributed by atoms with Crippen molar-refractivity contribution < 1.29 is 9.47 Å². The molecule has 0 N–H and O–H groups in total. The van der Waals surface area contributed by atoms with Crippen molar-refractivity contribution in [3.63, 3.8) is 0 Å². The van der Waals surface area contributed by atoms with E-state index in [2.05, 4.69) is 32.1 Å². The molecule has 0 saturated carbocycles. The molecule has 2 aliphatic rings. The zero-order valence-electron chi connectivity index (χ0n) is 8.19. The first-order valence-electron chi connectivity index (χ1n) is 4.90. The largest absolute Gasteiger partial charge is 0.495 e. The van der Waals surface area contributed by atoms with Gasteiger partial charge in [-0.1, -0.05) is 12.2 Å². The van der Waals surface area contributed by atoms with E-state index in [1.54, 1.807) is 0 Å². The van der Waals surface area contributed by atoms with E-state index in [-0.39, 0.29) is 6.10 Å². The second-order valence-corrected chi connectivity index (χ2v) is 3.93. The monoisotopic (exact) mass is 180 g/mol. The maximum absolute atomic E-state index is 5.73. The van der Waals surface area contributed by atoms with Crippen molar-refractivity contribution in [3.8, 4) is 0 Å². The Labute approximate surface area is 79.2 Å². The second kappa shape index (κ2) is 3.54. The molecule has 13 heavy (non-hydrogen) atoms. The Balaban J connectivity index is 2.08. The van der Waals surface area contributed by atoms with Crippen LogP contribution in [0, 0.1) is 11.8 Å². The Hall–Kier alpha value is -0.760. The van der Waals surface area contributed by atoms with E-state index in [0.29, 0.717) is 11.8 Å². The summed E-state index contributed by atoms with van der Waals surface area (Å²) in [6, 6.07) is 0. The van der Waals surface area contributed by atoms with E-state index >= 15 is 0 Å². The van der Waals surface area contributed by atoms with Crippen LogP contribution < -0.4 is 0 Å². The normalized spacial score (nSPS) is 31.8. The van der Waals surface area contributed by atoms with Crippen LogP contribution in [0.4, 0.5) is 0 Å². The van der Waals surface area contributed by atoms with Crippen molar-refractivity contribution in [2.45, 2.75) is 20.0 Å². The Morgan fingerprint density at radius 2 is 2.31 bits per heavy atom. The molecule has 0 aromatic heterocycles. The van der Waals surface area contributed by atoms with Crippen molar-refractivity contribution in [1.29, 1.82) is 0 Å². The third-order valence-corrected chi connectivity index (χ3v) is 2.48. The van der Waals surface area contributed by atoms with Crippen molar-refractivity contribution in [2.75, 3.05) is 13.2 Å². The van der Waals surface area contributed by atoms with Crippen LogP contribution in [0.15, 0.2) is 24.0 Å². The highest BCUT2D eigenvalue weighted by molar-refractivity contribution is 5.20. The summed E-state index contributed by atoms with van der Waals surface area (Å²) in [4.78, 5) is 0. The second-order valence-electron chi connectivity index (χ2n) is 3.93. The van der Waals surface area contributed by atoms with Gasteiger partial charge in [-0.15, -0.1) is 0 Å². The molecule has 72 valence electrons. The summed E-state index contributed by atoms with van der Waals surface area (Å²) in [6.07, 6.45) is 6.62. The minimum atomic E-state index is 0.263. The van der Waals surface area contributed by atoms with E-state index in [1.807, 2.05) is 0 Å². The molecular formula is C11H16O2. The number of allylic oxidation sites excluding steroid dienone is 2. The summed E-state index contributed by atoms with van der Waals surface area (Å²) in [6.45, 7) is 5.78. The van der Waals surface area contributed by atoms with Crippen molar-refractivity contribution >= 4 is 0 Å². The molecular weight excluding hydrogens is 164 g/mol. The summed E-state index contributed by atoms with van der Waals surface area (Å²) in [5, 5.41) is 0. The molecule has 0 bridgehead atoms. The van der Waals surface area contributed by atoms with Gasteiger partial charge in [0.25, 0.3) is 0 Å². The molecule has 1 aliphatic heterocycles. The third-order valence-electron chi connectivity index (χ3n) is 2.48. The van der Waals surface area contributed by atoms with Gasteiger partial charge in [-0.05, 0) is 19.9 Å². The van der Waals surface area contributed by atoms with Gasteiger partial charge >= 0.3 is 0 Å². The summed E-state index contributed by atoms with van der Waals surface area (Å²) in [5.74, 6) is 2.10. The number of hydrogen-bond donors (Lipinski definition) is 0. The standard InChI is InChI=1S/C11H16O2/c1-8(2)13-11-5-3-4-9-6-12-7-10(9)11/h3-5,8-10H,6-7H2,1-2H3. The Morgan fingerprint density at radius 3 is 3.08 bits per heavy atom. The van der Waals surface area contributed by atoms with E-state index in [9.17, 15) is 0 Å². The zero-order valence-corrected chi connectivity index (χ0v) is 8.19. The molecule has 1 heterocycles. The lowest BCUT2D eigenvalue weighted by Gasteiger charge is -2.23. The van der Waals surface area contributed by atoms with E-state index < -0.39 is 0 Å². The maximum atomic E-state index is 5.73. The van der Waals surface area contributed by atoms with Gasteiger partial charge in [0.2, 0.25) is 0 Å². The van der Waals surface area contributed by atoms with Crippen LogP contribution in [0.3, 0.4) is 0 Å². The number of hydrogen-bond acceptors (Lipinski definition) is 2. The SMILES string of the molecule is CC(C)OC1=CC=CC2COCC12. The summed E-state index contributed by atoms with van der Waals surface area (Å²) in [7, 11) is 0. The zero-order chi connectivity index (χ0) is 9.26. The number of fused-ring (bicyclic) bond motifs is 1. The van der Waals surface area contributed by atoms with Gasteiger partial charge in [-0.3, -0.25) is 0 Å². The van der Waals surface area contributed by atoms with E-state index in [4.69, 9.17) is 9.47 Å². The lowest BCUT2D eigenvalue weighted by Crippen LogP contribution is -2.19. The van der Waals surface area contributed by atoms with E-state index in [1.165, 1.54) is 0 Å². The summed E-state index contributed by atoms with van der Waals surface area (Å²) >= 11 is 0. The smallest absolute Gasteiger partial charge is 0.102 e. The summed E-state index contributed by atoms with van der Waals surface area (Å²) < 4.78 is 11.2. The quantitative estimate of drug-likeness (QED) is 0.648. The van der Waals surface area contributed by atoms with Crippen LogP contribution in [0.1, 0.15) is 13.8 Å². The average molecular weight is 180 g/mol. The molecule has 0 radical (unpaired) electrons. The minimum Gasteiger partial charge on any atom is -0.495 e. The minimum absolute atomic E-state index is 0.263. The van der Waals surface area contributed by atoms with Crippen LogP contribution in [-0.4, -0.2) is 19.3 Å². The highest BCUT2D eigenvalue weighted by atomic mass is 16.5. The van der Waals surface area contributed by atoms with Gasteiger partial charge in [-0.25, -0.2) is 0 Å². The molecule has 0 spiro atoms. The van der Waals surface area contributed by atoms with Gasteiger partial charge in [0, 0.05) is 11.8 Å². The topological polar surface area (TPSA) is 18.5 Å². The molecule has 0 amide bonds. The third kappa shape index (κ3) is 1.78. The first-order chi connectivity index (χ1) is 6.27. The van der Waals surface area contributed by atoms with Gasteiger partial charge in [0.1, 0.15) is 5.76 Å². The fourth-order valence-electron chi connectivity index (χ4n) is 1.87. The molecule has 2 nitrogen and oxygen atoms in total. The van der Waals surface area contributed by atoms with Crippen LogP contribution in [-0.2, 0) is 9.47 Å². The lowest BCUT2D eigenvalue weighted by molar-refractivity contribution is 0.108. The Morgan fingerprint density at radius 1 is 1.46 bits per heavy atom. The lowest BCUT2D eigenvalue weighted by atomic mass is 9.90. The van der Waals surface area contributed by atoms with Crippen molar-refractivity contribution in [3.05, 3.63) is 24.0 Å². The van der Waals surface area contributed by atoms with Crippen LogP contribution in [0.2, 0.25) is 0 Å². The van der Waals surface area contributed by atoms with Crippen LogP contribution in [0.25, 0.3) is 0 Å². The van der Waals surface area contributed by atoms with Gasteiger partial charge in [-0.2, -0.15) is 0 Å². The molecule has 1 aliphatic carbocycles. The molecule has 2 heteroatoms. The first kappa shape index (κ1) is 8.82. The molecule has 2 unspecified atom stereocenters. The molecule has 2 atom stereocenters. The molecule has 1 fully saturated rings. The molecule has 1 saturated heterocycles. The van der Waals surface area contributed by atoms with E-state index in [0.717, 1.165) is 19.0 Å². The highest BCUT2D eigenvalue weighted by Gasteiger charge is 2.32. The Kier molecular flexibility index (Phi) is 2.40. The molecule has 0 aromatic rings. The average Bonchev–Trinajstić information content (AvgIpc) is 2.51. The maximum Gasteiger partial charge on any atom is 0.102 e. The fourth-order valence-corrected chi connectivity index (χ4v) is 1.87. The highest BCUT2D eigenvalue weighted by Crippen LogP contribution is 2.32. The predicted molar refractivity (Wildman–Crippen MR) is 51.2 cm³/mol. The first-order valence-corrected chi connectivity index (χ1v) is 4.90. The fraction of sp³-hybridized carbons (Fsp3) is 0.636. The van der Waals surface area contributed by atoms with Gasteiger partial charge in [0.15, 0.2) is 0 Å². The van der Waals surface area contributed by atoms with Gasteiger partial charge < -0.3 is 9.47 Å². The van der Waals surface area contributed by atoms with Crippen molar-refractivity contribution in [2.24, 2.45) is 11.8 Å². The molecule has 2 rings (SSSR count). The van der Waals surface area contributed by atoms with Crippen LogP contribution >= 0.6 is 0 Å². The Bertz CT molecular complexity index is 240. The number of ether oxygens (including phenoxy) is 2. The van der Waals surface area contributed by atoms with Crippen molar-refractivity contribution in [1.82, 2.24) is 0 Å². The molecule has 0 aromatic carbocycles. The summed E-state index contributed by atoms with van der Waals surface area (Å²) in [5.41, 5.74) is 0. The van der Waals surface area contributed by atoms with Crippen LogP contribution in [0.5, 0.6) is 0 Å².